The fourth-order valence-corrected chi connectivity index (χ4v) is 3.93. The standard InChI is InChI=1S/C20H13F4N5O/c21-10-7-13-16-3-4-17(18(13)25-9-10)29(16)19(30)27-11-1-2-14(20(22,23)24)12(8-11)15-5-6-26-28-15/h1-9,16-17H,(H,26,28)(H,27,30)/t16?,17-/m0/s1. The fourth-order valence-electron chi connectivity index (χ4n) is 3.93. The van der Waals surface area contributed by atoms with Crippen molar-refractivity contribution in [2.75, 3.05) is 5.32 Å². The SMILES string of the molecule is O=C(Nc1ccc(C(F)(F)F)c(-c2ccn[nH]2)c1)N1C2C=C[C@H]1c1ncc(F)cc12. The van der Waals surface area contributed by atoms with Gasteiger partial charge in [0.1, 0.15) is 5.82 Å². The van der Waals surface area contributed by atoms with Crippen LogP contribution in [0, 0.1) is 5.82 Å². The van der Waals surface area contributed by atoms with Crippen molar-refractivity contribution < 1.29 is 22.4 Å². The van der Waals surface area contributed by atoms with Crippen LogP contribution in [0.25, 0.3) is 11.3 Å². The van der Waals surface area contributed by atoms with Gasteiger partial charge in [0.25, 0.3) is 0 Å². The van der Waals surface area contributed by atoms with E-state index < -0.39 is 35.7 Å². The van der Waals surface area contributed by atoms with E-state index in [1.807, 2.05) is 0 Å². The average Bonchev–Trinajstić information content (AvgIpc) is 3.42. The van der Waals surface area contributed by atoms with Crippen LogP contribution in [0.4, 0.5) is 28.0 Å². The third-order valence-electron chi connectivity index (χ3n) is 5.19. The summed E-state index contributed by atoms with van der Waals surface area (Å²) in [4.78, 5) is 18.5. The number of hydrogen-bond donors (Lipinski definition) is 2. The van der Waals surface area contributed by atoms with Gasteiger partial charge in [0.05, 0.1) is 35.2 Å². The largest absolute Gasteiger partial charge is 0.417 e. The van der Waals surface area contributed by atoms with Crippen LogP contribution in [0.5, 0.6) is 0 Å². The molecule has 0 spiro atoms. The molecule has 0 radical (unpaired) electrons. The van der Waals surface area contributed by atoms with Gasteiger partial charge in [-0.1, -0.05) is 12.2 Å². The molecule has 1 aromatic carbocycles. The number of anilines is 1. The van der Waals surface area contributed by atoms with E-state index in [0.29, 0.717) is 11.3 Å². The summed E-state index contributed by atoms with van der Waals surface area (Å²) in [7, 11) is 0. The highest BCUT2D eigenvalue weighted by atomic mass is 19.4. The molecule has 2 bridgehead atoms. The van der Waals surface area contributed by atoms with E-state index >= 15 is 0 Å². The van der Waals surface area contributed by atoms with Gasteiger partial charge in [-0.15, -0.1) is 0 Å². The lowest BCUT2D eigenvalue weighted by Gasteiger charge is -2.23. The number of halogens is 4. The zero-order valence-electron chi connectivity index (χ0n) is 15.1. The lowest BCUT2D eigenvalue weighted by Crippen LogP contribution is -2.32. The number of pyridine rings is 1. The van der Waals surface area contributed by atoms with Gasteiger partial charge in [0, 0.05) is 23.0 Å². The Labute approximate surface area is 167 Å². The van der Waals surface area contributed by atoms with E-state index in [1.165, 1.54) is 35.4 Å². The molecule has 152 valence electrons. The summed E-state index contributed by atoms with van der Waals surface area (Å²) in [6, 6.07) is 4.64. The molecule has 30 heavy (non-hydrogen) atoms. The number of nitrogens with one attached hydrogen (secondary N) is 2. The first-order chi connectivity index (χ1) is 14.3. The summed E-state index contributed by atoms with van der Waals surface area (Å²) in [6.07, 6.45) is 1.43. The van der Waals surface area contributed by atoms with Crippen LogP contribution in [0.15, 0.2) is 54.9 Å². The van der Waals surface area contributed by atoms with Gasteiger partial charge in [-0.3, -0.25) is 10.1 Å². The molecule has 5 rings (SSSR count). The fraction of sp³-hybridized carbons (Fsp3) is 0.150. The third kappa shape index (κ3) is 2.83. The Balaban J connectivity index is 1.45. The summed E-state index contributed by atoms with van der Waals surface area (Å²) in [6.45, 7) is 0. The number of aromatic nitrogens is 3. The number of hydrogen-bond acceptors (Lipinski definition) is 3. The summed E-state index contributed by atoms with van der Waals surface area (Å²) >= 11 is 0. The van der Waals surface area contributed by atoms with Gasteiger partial charge in [-0.25, -0.2) is 9.18 Å². The maximum absolute atomic E-state index is 13.6. The molecule has 0 saturated carbocycles. The molecule has 4 heterocycles. The van der Waals surface area contributed by atoms with Crippen molar-refractivity contribution >= 4 is 11.7 Å². The first kappa shape index (κ1) is 18.3. The number of carbonyl (C=O) groups is 1. The van der Waals surface area contributed by atoms with Crippen LogP contribution >= 0.6 is 0 Å². The topological polar surface area (TPSA) is 73.9 Å². The molecule has 2 atom stereocenters. The normalized spacial score (nSPS) is 19.3. The minimum absolute atomic E-state index is 0.132. The summed E-state index contributed by atoms with van der Waals surface area (Å²) < 4.78 is 53.8. The minimum Gasteiger partial charge on any atom is -0.308 e. The molecule has 1 unspecified atom stereocenters. The average molecular weight is 415 g/mol. The van der Waals surface area contributed by atoms with Crippen LogP contribution in [0.2, 0.25) is 0 Å². The zero-order valence-corrected chi connectivity index (χ0v) is 15.1. The second-order valence-corrected chi connectivity index (χ2v) is 6.97. The van der Waals surface area contributed by atoms with E-state index in [-0.39, 0.29) is 16.9 Å². The number of alkyl halides is 3. The number of H-pyrrole nitrogens is 1. The summed E-state index contributed by atoms with van der Waals surface area (Å²) in [5, 5.41) is 8.85. The minimum atomic E-state index is -4.57. The summed E-state index contributed by atoms with van der Waals surface area (Å²) in [5.41, 5.74) is 0.570. The van der Waals surface area contributed by atoms with E-state index in [0.717, 1.165) is 12.3 Å². The number of rotatable bonds is 2. The molecular weight excluding hydrogens is 402 g/mol. The first-order valence-electron chi connectivity index (χ1n) is 8.97. The van der Waals surface area contributed by atoms with Crippen LogP contribution in [0.3, 0.4) is 0 Å². The van der Waals surface area contributed by atoms with Crippen molar-refractivity contribution in [3.05, 3.63) is 77.5 Å². The molecule has 2 aliphatic heterocycles. The van der Waals surface area contributed by atoms with Crippen molar-refractivity contribution in [2.24, 2.45) is 0 Å². The Kier molecular flexibility index (Phi) is 3.92. The molecule has 2 N–H and O–H groups in total. The van der Waals surface area contributed by atoms with Crippen LogP contribution in [-0.4, -0.2) is 26.1 Å². The van der Waals surface area contributed by atoms with Crippen LogP contribution < -0.4 is 5.32 Å². The van der Waals surface area contributed by atoms with Gasteiger partial charge in [0.15, 0.2) is 0 Å². The molecular formula is C20H13F4N5O. The third-order valence-corrected chi connectivity index (χ3v) is 5.19. The van der Waals surface area contributed by atoms with Gasteiger partial charge in [-0.05, 0) is 30.3 Å². The maximum atomic E-state index is 13.6. The number of benzene rings is 1. The van der Waals surface area contributed by atoms with E-state index in [9.17, 15) is 22.4 Å². The Hall–Kier alpha value is -3.69. The van der Waals surface area contributed by atoms with Gasteiger partial charge in [-0.2, -0.15) is 18.3 Å². The molecule has 10 heteroatoms. The number of carbonyl (C=O) groups excluding carboxylic acids is 1. The van der Waals surface area contributed by atoms with Crippen molar-refractivity contribution in [1.29, 1.82) is 0 Å². The molecule has 2 aliphatic rings. The molecule has 2 amide bonds. The number of amides is 2. The van der Waals surface area contributed by atoms with E-state index in [4.69, 9.17) is 0 Å². The number of nitrogens with zero attached hydrogens (tertiary/aromatic N) is 3. The van der Waals surface area contributed by atoms with Gasteiger partial charge < -0.3 is 10.2 Å². The molecule has 3 aromatic rings. The number of urea groups is 1. The Morgan fingerprint density at radius 3 is 2.67 bits per heavy atom. The van der Waals surface area contributed by atoms with Crippen molar-refractivity contribution in [2.45, 2.75) is 18.3 Å². The van der Waals surface area contributed by atoms with Crippen LogP contribution in [-0.2, 0) is 6.18 Å². The Morgan fingerprint density at radius 2 is 1.93 bits per heavy atom. The second-order valence-electron chi connectivity index (χ2n) is 6.97. The monoisotopic (exact) mass is 415 g/mol. The first-order valence-corrected chi connectivity index (χ1v) is 8.97. The Morgan fingerprint density at radius 1 is 1.13 bits per heavy atom. The Bertz CT molecular complexity index is 1170. The lowest BCUT2D eigenvalue weighted by molar-refractivity contribution is -0.137. The molecule has 0 saturated heterocycles. The predicted octanol–water partition coefficient (Wildman–Crippen LogP) is 4.83. The number of fused-ring (bicyclic) bond motifs is 5. The summed E-state index contributed by atoms with van der Waals surface area (Å²) in [5.74, 6) is -0.498. The lowest BCUT2D eigenvalue weighted by atomic mass is 10.0. The van der Waals surface area contributed by atoms with Crippen molar-refractivity contribution in [3.63, 3.8) is 0 Å². The highest BCUT2D eigenvalue weighted by Crippen LogP contribution is 2.48. The van der Waals surface area contributed by atoms with Crippen molar-refractivity contribution in [3.8, 4) is 11.3 Å². The quantitative estimate of drug-likeness (QED) is 0.465. The van der Waals surface area contributed by atoms with Crippen molar-refractivity contribution in [1.82, 2.24) is 20.1 Å². The highest BCUT2D eigenvalue weighted by molar-refractivity contribution is 5.92. The van der Waals surface area contributed by atoms with E-state index in [1.54, 1.807) is 12.2 Å². The van der Waals surface area contributed by atoms with E-state index in [2.05, 4.69) is 20.5 Å². The van der Waals surface area contributed by atoms with Crippen LogP contribution in [0.1, 0.15) is 28.9 Å². The number of aromatic amines is 1. The highest BCUT2D eigenvalue weighted by Gasteiger charge is 2.44. The predicted molar refractivity (Wildman–Crippen MR) is 98.7 cm³/mol. The maximum Gasteiger partial charge on any atom is 0.417 e. The molecule has 0 aliphatic carbocycles. The molecule has 0 fully saturated rings. The molecule has 6 nitrogen and oxygen atoms in total. The molecule has 2 aromatic heterocycles. The smallest absolute Gasteiger partial charge is 0.308 e. The van der Waals surface area contributed by atoms with Gasteiger partial charge in [0.2, 0.25) is 0 Å². The van der Waals surface area contributed by atoms with Gasteiger partial charge >= 0.3 is 12.2 Å². The second kappa shape index (κ2) is 6.41. The zero-order chi connectivity index (χ0) is 21.0.